The van der Waals surface area contributed by atoms with Gasteiger partial charge in [0.15, 0.2) is 12.1 Å². The molecule has 6 rings (SSSR count). The van der Waals surface area contributed by atoms with E-state index in [4.69, 9.17) is 23.2 Å². The normalized spacial score (nSPS) is 27.9. The fourth-order valence-corrected chi connectivity index (χ4v) is 6.04. The highest BCUT2D eigenvalue weighted by Crippen LogP contribution is 2.44. The molecule has 4 unspecified atom stereocenters. The lowest BCUT2D eigenvalue weighted by Gasteiger charge is -2.32. The quantitative estimate of drug-likeness (QED) is 0.451. The van der Waals surface area contributed by atoms with Gasteiger partial charge >= 0.3 is 6.03 Å². The van der Waals surface area contributed by atoms with E-state index in [1.54, 1.807) is 24.3 Å². The summed E-state index contributed by atoms with van der Waals surface area (Å²) < 4.78 is -0.206. The van der Waals surface area contributed by atoms with E-state index in [2.05, 4.69) is 5.32 Å². The van der Waals surface area contributed by atoms with Crippen LogP contribution in [0.4, 0.5) is 16.2 Å². The Morgan fingerprint density at radius 2 is 1.70 bits per heavy atom. The summed E-state index contributed by atoms with van der Waals surface area (Å²) in [5.74, 6) is -0.594. The predicted octanol–water partition coefficient (Wildman–Crippen LogP) is 4.09. The molecule has 3 aromatic rings. The average molecular weight is 482 g/mol. The second-order valence-electron chi connectivity index (χ2n) is 8.74. The lowest BCUT2D eigenvalue weighted by Crippen LogP contribution is -2.63. The highest BCUT2D eigenvalue weighted by Gasteiger charge is 2.73. The molecule has 0 radical (unpaired) electrons. The molecule has 33 heavy (non-hydrogen) atoms. The zero-order valence-electron chi connectivity index (χ0n) is 17.4. The molecule has 2 bridgehead atoms. The number of piperazine rings is 1. The average Bonchev–Trinajstić information content (AvgIpc) is 3.41. The van der Waals surface area contributed by atoms with Gasteiger partial charge in [-0.1, -0.05) is 59.6 Å². The van der Waals surface area contributed by atoms with Crippen LogP contribution in [0.2, 0.25) is 10.0 Å². The zero-order chi connectivity index (χ0) is 22.9. The van der Waals surface area contributed by atoms with Crippen molar-refractivity contribution in [1.29, 1.82) is 0 Å². The summed E-state index contributed by atoms with van der Waals surface area (Å²) >= 11 is 12.1. The molecule has 1 spiro atoms. The van der Waals surface area contributed by atoms with E-state index in [1.807, 2.05) is 41.3 Å². The van der Waals surface area contributed by atoms with Crippen LogP contribution in [-0.4, -0.2) is 59.1 Å². The van der Waals surface area contributed by atoms with Gasteiger partial charge in [-0.15, -0.1) is 0 Å². The number of hydrogen-bond acceptors (Lipinski definition) is 4. The van der Waals surface area contributed by atoms with Crippen molar-refractivity contribution in [3.05, 3.63) is 70.7 Å². The van der Waals surface area contributed by atoms with Crippen molar-refractivity contribution in [2.24, 2.45) is 0 Å². The van der Waals surface area contributed by atoms with Gasteiger partial charge in [0.25, 0.3) is 11.8 Å². The maximum atomic E-state index is 13.9. The smallest absolute Gasteiger partial charge is 0.321 e. The molecule has 0 aromatic heterocycles. The maximum Gasteiger partial charge on any atom is 0.433 e. The van der Waals surface area contributed by atoms with Crippen molar-refractivity contribution in [3.63, 3.8) is 0 Å². The van der Waals surface area contributed by atoms with E-state index in [-0.39, 0.29) is 22.3 Å². The van der Waals surface area contributed by atoms with Crippen LogP contribution >= 0.6 is 23.2 Å². The van der Waals surface area contributed by atoms with Gasteiger partial charge in [0, 0.05) is 21.1 Å². The molecule has 3 aliphatic rings. The van der Waals surface area contributed by atoms with Crippen LogP contribution in [0, 0.1) is 0 Å². The molecule has 1 N–H and O–H groups in total. The number of nitrogens with zero attached hydrogens (tertiary/aromatic N) is 3. The topological polar surface area (TPSA) is 69.7 Å². The molecular weight excluding hydrogens is 463 g/mol. The highest BCUT2D eigenvalue weighted by molar-refractivity contribution is 6.35. The first kappa shape index (κ1) is 20.6. The van der Waals surface area contributed by atoms with E-state index < -0.39 is 12.1 Å². The van der Waals surface area contributed by atoms with Crippen LogP contribution < -0.4 is 10.2 Å². The van der Waals surface area contributed by atoms with Crippen LogP contribution in [0.15, 0.2) is 60.7 Å². The highest BCUT2D eigenvalue weighted by atomic mass is 35.5. The summed E-state index contributed by atoms with van der Waals surface area (Å²) in [6, 6.07) is 16.3. The van der Waals surface area contributed by atoms with Crippen LogP contribution in [-0.2, 0) is 9.59 Å². The molecule has 0 aliphatic carbocycles. The summed E-state index contributed by atoms with van der Waals surface area (Å²) in [5, 5.41) is 5.41. The number of quaternary nitrogens is 1. The van der Waals surface area contributed by atoms with Crippen LogP contribution in [0.1, 0.15) is 0 Å². The summed E-state index contributed by atoms with van der Waals surface area (Å²) in [6.45, 7) is 1.20. The van der Waals surface area contributed by atoms with Gasteiger partial charge in [0.2, 0.25) is 0 Å². The van der Waals surface area contributed by atoms with Gasteiger partial charge in [0.05, 0.1) is 18.8 Å². The van der Waals surface area contributed by atoms with E-state index in [0.29, 0.717) is 41.2 Å². The maximum absolute atomic E-state index is 13.9. The molecular formula is C24H19Cl2N4O3+. The zero-order valence-corrected chi connectivity index (χ0v) is 18.9. The number of urea groups is 1. The first-order valence-corrected chi connectivity index (χ1v) is 11.4. The molecule has 3 saturated heterocycles. The Hall–Kier alpha value is -2.97. The minimum atomic E-state index is -0.710. The number of carbonyl (C=O) groups excluding carboxylic acids is 3. The van der Waals surface area contributed by atoms with E-state index in [9.17, 15) is 14.4 Å². The minimum Gasteiger partial charge on any atom is -0.321 e. The number of benzene rings is 3. The van der Waals surface area contributed by atoms with Crippen molar-refractivity contribution in [2.45, 2.75) is 12.1 Å². The second-order valence-corrected chi connectivity index (χ2v) is 9.61. The lowest BCUT2D eigenvalue weighted by molar-refractivity contribution is -0.852. The van der Waals surface area contributed by atoms with Gasteiger partial charge in [-0.3, -0.25) is 9.59 Å². The third kappa shape index (κ3) is 2.93. The number of amides is 4. The Balaban J connectivity index is 1.38. The predicted molar refractivity (Wildman–Crippen MR) is 126 cm³/mol. The number of halogens is 2. The lowest BCUT2D eigenvalue weighted by atomic mass is 10.1. The van der Waals surface area contributed by atoms with E-state index >= 15 is 0 Å². The number of anilines is 2. The van der Waals surface area contributed by atoms with Crippen LogP contribution in [0.25, 0.3) is 10.8 Å². The van der Waals surface area contributed by atoms with Crippen molar-refractivity contribution >= 4 is 63.2 Å². The molecule has 3 aliphatic heterocycles. The first-order valence-electron chi connectivity index (χ1n) is 10.6. The summed E-state index contributed by atoms with van der Waals surface area (Å²) in [6.07, 6.45) is 0. The molecule has 0 saturated carbocycles. The Labute approximate surface area is 199 Å². The standard InChI is InChI=1S/C24H18Cl2N4O3/c25-15-8-16(26)10-17(9-15)27-22(31)20-11-28-12-21-23(32)29(24(33)30(20,21)13-28)19-7-3-5-14-4-1-2-6-18(14)19/h1-10,20-21H,11-13H2/p+1. The first-order chi connectivity index (χ1) is 15.9. The Bertz CT molecular complexity index is 1340. The fourth-order valence-electron chi connectivity index (χ4n) is 5.52. The second kappa shape index (κ2) is 7.27. The fraction of sp³-hybridized carbons (Fsp3) is 0.208. The Morgan fingerprint density at radius 3 is 2.48 bits per heavy atom. The van der Waals surface area contributed by atoms with Gasteiger partial charge < -0.3 is 5.32 Å². The van der Waals surface area contributed by atoms with Crippen molar-refractivity contribution in [2.75, 3.05) is 30.0 Å². The Kier molecular flexibility index (Phi) is 4.54. The third-order valence-corrected chi connectivity index (χ3v) is 7.34. The van der Waals surface area contributed by atoms with Gasteiger partial charge in [-0.05, 0) is 29.7 Å². The van der Waals surface area contributed by atoms with Gasteiger partial charge in [-0.25, -0.2) is 14.2 Å². The monoisotopic (exact) mass is 481 g/mol. The minimum absolute atomic E-state index is 0.206. The van der Waals surface area contributed by atoms with E-state index in [1.165, 1.54) is 4.90 Å². The molecule has 166 valence electrons. The van der Waals surface area contributed by atoms with Crippen LogP contribution in [0.5, 0.6) is 0 Å². The van der Waals surface area contributed by atoms with Gasteiger partial charge in [-0.2, -0.15) is 4.90 Å². The summed E-state index contributed by atoms with van der Waals surface area (Å²) in [5.41, 5.74) is 1.01. The molecule has 7 nitrogen and oxygen atoms in total. The molecule has 4 atom stereocenters. The number of imide groups is 1. The van der Waals surface area contributed by atoms with Crippen molar-refractivity contribution in [3.8, 4) is 0 Å². The number of hydrogen-bond donors (Lipinski definition) is 1. The number of fused-ring (bicyclic) bond motifs is 2. The number of rotatable bonds is 3. The van der Waals surface area contributed by atoms with Crippen molar-refractivity contribution < 1.29 is 18.9 Å². The van der Waals surface area contributed by atoms with Gasteiger partial charge in [0.1, 0.15) is 6.67 Å². The Morgan fingerprint density at radius 1 is 0.970 bits per heavy atom. The molecule has 3 heterocycles. The third-order valence-electron chi connectivity index (χ3n) is 6.90. The number of carbonyl (C=O) groups is 3. The number of nitrogens with one attached hydrogen (secondary N) is 1. The SMILES string of the molecule is O=C(Nc1cc(Cl)cc(Cl)c1)C1CN2CC3C(=O)N(c4cccc5ccccc45)C(=O)[N+]13C2. The van der Waals surface area contributed by atoms with Crippen LogP contribution in [0.3, 0.4) is 0 Å². The van der Waals surface area contributed by atoms with E-state index in [0.717, 1.165) is 10.8 Å². The summed E-state index contributed by atoms with van der Waals surface area (Å²) in [4.78, 5) is 44.1. The largest absolute Gasteiger partial charge is 0.433 e. The molecule has 4 amide bonds. The summed E-state index contributed by atoms with van der Waals surface area (Å²) in [7, 11) is 0. The molecule has 9 heteroatoms. The molecule has 3 fully saturated rings. The molecule has 3 aromatic carbocycles. The van der Waals surface area contributed by atoms with Crippen molar-refractivity contribution in [1.82, 2.24) is 4.90 Å².